The van der Waals surface area contributed by atoms with Crippen LogP contribution >= 0.6 is 0 Å². The lowest BCUT2D eigenvalue weighted by molar-refractivity contribution is -0.144. The molecule has 1 rings (SSSR count). The molecule has 1 amide bonds. The molecule has 0 aliphatic rings. The third-order valence-corrected chi connectivity index (χ3v) is 3.51. The van der Waals surface area contributed by atoms with Gasteiger partial charge in [0.2, 0.25) is 5.88 Å². The van der Waals surface area contributed by atoms with Crippen molar-refractivity contribution in [2.45, 2.75) is 58.6 Å². The second-order valence-corrected chi connectivity index (χ2v) is 5.56. The highest BCUT2D eigenvalue weighted by Gasteiger charge is 2.34. The number of aliphatic carboxylic acids is 1. The Bertz CT molecular complexity index is 533. The Morgan fingerprint density at radius 2 is 2.14 bits per heavy atom. The van der Waals surface area contributed by atoms with E-state index in [1.54, 1.807) is 0 Å². The molecule has 1 aromatic rings. The fourth-order valence-corrected chi connectivity index (χ4v) is 1.95. The van der Waals surface area contributed by atoms with Gasteiger partial charge < -0.3 is 15.2 Å². The van der Waals surface area contributed by atoms with Crippen LogP contribution in [0.25, 0.3) is 0 Å². The number of rotatable bonds is 8. The Hall–Kier alpha value is -2.11. The van der Waals surface area contributed by atoms with Crippen molar-refractivity contribution in [3.05, 3.63) is 23.9 Å². The number of carboxylic acid groups (broad SMARTS) is 1. The van der Waals surface area contributed by atoms with Crippen molar-refractivity contribution >= 4 is 11.9 Å². The van der Waals surface area contributed by atoms with E-state index in [9.17, 15) is 14.7 Å². The average Bonchev–Trinajstić information content (AvgIpc) is 2.47. The Morgan fingerprint density at radius 3 is 2.68 bits per heavy atom. The molecular weight excluding hydrogens is 284 g/mol. The number of hydrogen-bond acceptors (Lipinski definition) is 4. The summed E-state index contributed by atoms with van der Waals surface area (Å²) in [5.74, 6) is -1.14. The quantitative estimate of drug-likeness (QED) is 0.770. The number of carbonyl (C=O) groups excluding carboxylic acids is 1. The van der Waals surface area contributed by atoms with E-state index in [2.05, 4.69) is 10.3 Å². The minimum absolute atomic E-state index is 0.00446. The number of nitrogens with zero attached hydrogens (tertiary/aromatic N) is 1. The van der Waals surface area contributed by atoms with Gasteiger partial charge in [0.1, 0.15) is 5.54 Å². The standard InChI is InChI=1S/C16H24N2O4/c1-5-8-16(4,15(20)21)18-14(19)12-7-9-17-13(10-12)22-11(3)6-2/h7,9-11H,5-6,8H2,1-4H3,(H,18,19)(H,20,21). The highest BCUT2D eigenvalue weighted by Crippen LogP contribution is 2.16. The summed E-state index contributed by atoms with van der Waals surface area (Å²) in [6.45, 7) is 7.29. The highest BCUT2D eigenvalue weighted by atomic mass is 16.5. The summed E-state index contributed by atoms with van der Waals surface area (Å²) >= 11 is 0. The molecule has 0 radical (unpaired) electrons. The third kappa shape index (κ3) is 4.72. The second kappa shape index (κ2) is 7.77. The average molecular weight is 308 g/mol. The minimum Gasteiger partial charge on any atom is -0.480 e. The van der Waals surface area contributed by atoms with Crippen molar-refractivity contribution < 1.29 is 19.4 Å². The first-order chi connectivity index (χ1) is 10.3. The first-order valence-electron chi connectivity index (χ1n) is 7.51. The number of pyridine rings is 1. The minimum atomic E-state index is -1.28. The normalized spacial score (nSPS) is 14.7. The predicted octanol–water partition coefficient (Wildman–Crippen LogP) is 2.63. The van der Waals surface area contributed by atoms with Gasteiger partial charge in [0.25, 0.3) is 5.91 Å². The van der Waals surface area contributed by atoms with Crippen LogP contribution in [0.4, 0.5) is 0 Å². The number of ether oxygens (including phenoxy) is 1. The molecule has 1 heterocycles. The molecule has 0 bridgehead atoms. The van der Waals surface area contributed by atoms with Crippen molar-refractivity contribution in [2.24, 2.45) is 0 Å². The first kappa shape index (κ1) is 17.9. The molecule has 1 aromatic heterocycles. The molecule has 0 saturated heterocycles. The molecule has 0 aromatic carbocycles. The van der Waals surface area contributed by atoms with Gasteiger partial charge in [0.15, 0.2) is 0 Å². The maximum absolute atomic E-state index is 12.3. The van der Waals surface area contributed by atoms with E-state index >= 15 is 0 Å². The zero-order valence-corrected chi connectivity index (χ0v) is 13.5. The summed E-state index contributed by atoms with van der Waals surface area (Å²) in [4.78, 5) is 27.7. The number of nitrogens with one attached hydrogen (secondary N) is 1. The van der Waals surface area contributed by atoms with Gasteiger partial charge in [-0.1, -0.05) is 20.3 Å². The van der Waals surface area contributed by atoms with Gasteiger partial charge in [-0.3, -0.25) is 4.79 Å². The topological polar surface area (TPSA) is 88.5 Å². The van der Waals surface area contributed by atoms with E-state index in [1.807, 2.05) is 20.8 Å². The van der Waals surface area contributed by atoms with Crippen LogP contribution in [0.2, 0.25) is 0 Å². The maximum atomic E-state index is 12.3. The summed E-state index contributed by atoms with van der Waals surface area (Å²) in [5.41, 5.74) is -0.954. The Morgan fingerprint density at radius 1 is 1.45 bits per heavy atom. The van der Waals surface area contributed by atoms with Gasteiger partial charge in [-0.2, -0.15) is 0 Å². The van der Waals surface area contributed by atoms with E-state index < -0.39 is 17.4 Å². The summed E-state index contributed by atoms with van der Waals surface area (Å²) < 4.78 is 5.57. The number of carboxylic acids is 1. The summed E-state index contributed by atoms with van der Waals surface area (Å²) in [7, 11) is 0. The lowest BCUT2D eigenvalue weighted by Gasteiger charge is -2.25. The van der Waals surface area contributed by atoms with Crippen molar-refractivity contribution in [1.82, 2.24) is 10.3 Å². The Balaban J connectivity index is 2.89. The summed E-state index contributed by atoms with van der Waals surface area (Å²) in [5, 5.41) is 11.9. The predicted molar refractivity (Wildman–Crippen MR) is 83.0 cm³/mol. The van der Waals surface area contributed by atoms with Crippen molar-refractivity contribution in [2.75, 3.05) is 0 Å². The number of aromatic nitrogens is 1. The third-order valence-electron chi connectivity index (χ3n) is 3.51. The van der Waals surface area contributed by atoms with Gasteiger partial charge in [-0.05, 0) is 32.8 Å². The molecule has 22 heavy (non-hydrogen) atoms. The van der Waals surface area contributed by atoms with E-state index in [-0.39, 0.29) is 6.10 Å². The smallest absolute Gasteiger partial charge is 0.329 e. The largest absolute Gasteiger partial charge is 0.480 e. The molecule has 0 aliphatic carbocycles. The van der Waals surface area contributed by atoms with Gasteiger partial charge >= 0.3 is 5.97 Å². The van der Waals surface area contributed by atoms with Crippen LogP contribution in [0.1, 0.15) is 57.3 Å². The molecule has 0 saturated carbocycles. The van der Waals surface area contributed by atoms with Crippen molar-refractivity contribution in [1.29, 1.82) is 0 Å². The van der Waals surface area contributed by atoms with Crippen molar-refractivity contribution in [3.63, 3.8) is 0 Å². The molecule has 0 fully saturated rings. The summed E-state index contributed by atoms with van der Waals surface area (Å²) in [6, 6.07) is 3.06. The highest BCUT2D eigenvalue weighted by molar-refractivity contribution is 5.97. The van der Waals surface area contributed by atoms with Crippen molar-refractivity contribution in [3.8, 4) is 5.88 Å². The molecule has 2 N–H and O–H groups in total. The van der Waals surface area contributed by atoms with Crippen LogP contribution in [-0.2, 0) is 4.79 Å². The number of carbonyl (C=O) groups is 2. The maximum Gasteiger partial charge on any atom is 0.329 e. The van der Waals surface area contributed by atoms with Gasteiger partial charge in [-0.25, -0.2) is 9.78 Å². The lowest BCUT2D eigenvalue weighted by atomic mass is 9.96. The van der Waals surface area contributed by atoms with Gasteiger partial charge in [-0.15, -0.1) is 0 Å². The number of hydrogen-bond donors (Lipinski definition) is 2. The SMILES string of the molecule is CCCC(C)(NC(=O)c1ccnc(OC(C)CC)c1)C(=O)O. The van der Waals surface area contributed by atoms with Crippen LogP contribution in [0.3, 0.4) is 0 Å². The fraction of sp³-hybridized carbons (Fsp3) is 0.562. The molecule has 0 spiro atoms. The lowest BCUT2D eigenvalue weighted by Crippen LogP contribution is -2.52. The Kier molecular flexibility index (Phi) is 6.34. The van der Waals surface area contributed by atoms with Gasteiger partial charge in [0, 0.05) is 17.8 Å². The van der Waals surface area contributed by atoms with Crippen LogP contribution in [0, 0.1) is 0 Å². The van der Waals surface area contributed by atoms with Crippen LogP contribution in [0.5, 0.6) is 5.88 Å². The van der Waals surface area contributed by atoms with Crippen LogP contribution in [0.15, 0.2) is 18.3 Å². The monoisotopic (exact) mass is 308 g/mol. The molecule has 2 unspecified atom stereocenters. The molecule has 122 valence electrons. The van der Waals surface area contributed by atoms with E-state index in [0.717, 1.165) is 6.42 Å². The molecule has 0 aliphatic heterocycles. The molecular formula is C16H24N2O4. The zero-order valence-electron chi connectivity index (χ0n) is 13.5. The molecule has 2 atom stereocenters. The summed E-state index contributed by atoms with van der Waals surface area (Å²) in [6.07, 6.45) is 3.31. The van der Waals surface area contributed by atoms with E-state index in [4.69, 9.17) is 4.74 Å². The van der Waals surface area contributed by atoms with E-state index in [1.165, 1.54) is 25.3 Å². The fourth-order valence-electron chi connectivity index (χ4n) is 1.95. The number of amides is 1. The molecule has 6 heteroatoms. The van der Waals surface area contributed by atoms with Gasteiger partial charge in [0.05, 0.1) is 6.10 Å². The zero-order chi connectivity index (χ0) is 16.8. The van der Waals surface area contributed by atoms with E-state index in [0.29, 0.717) is 24.3 Å². The van der Waals surface area contributed by atoms with Crippen LogP contribution < -0.4 is 10.1 Å². The Labute approximate surface area is 130 Å². The second-order valence-electron chi connectivity index (χ2n) is 5.56. The van der Waals surface area contributed by atoms with Crippen LogP contribution in [-0.4, -0.2) is 33.6 Å². The first-order valence-corrected chi connectivity index (χ1v) is 7.51. The molecule has 6 nitrogen and oxygen atoms in total.